The highest BCUT2D eigenvalue weighted by Crippen LogP contribution is 2.19. The predicted octanol–water partition coefficient (Wildman–Crippen LogP) is 3.96. The van der Waals surface area contributed by atoms with Crippen molar-refractivity contribution in [2.75, 3.05) is 5.32 Å². The molecule has 1 amide bonds. The third-order valence-corrected chi connectivity index (χ3v) is 4.41. The number of aryl methyl sites for hydroxylation is 1. The van der Waals surface area contributed by atoms with E-state index in [0.717, 1.165) is 28.7 Å². The third kappa shape index (κ3) is 4.28. The molecule has 1 saturated carbocycles. The van der Waals surface area contributed by atoms with Crippen LogP contribution in [-0.4, -0.2) is 21.9 Å². The van der Waals surface area contributed by atoms with E-state index in [2.05, 4.69) is 36.5 Å². The van der Waals surface area contributed by atoms with E-state index >= 15 is 0 Å². The largest absolute Gasteiger partial charge is 0.348 e. The van der Waals surface area contributed by atoms with E-state index in [-0.39, 0.29) is 11.9 Å². The summed E-state index contributed by atoms with van der Waals surface area (Å²) in [5.41, 5.74) is 2.04. The van der Waals surface area contributed by atoms with Gasteiger partial charge < -0.3 is 10.6 Å². The Morgan fingerprint density at radius 3 is 2.57 bits per heavy atom. The Balaban J connectivity index is 1.75. The maximum absolute atomic E-state index is 12.4. The summed E-state index contributed by atoms with van der Waals surface area (Å²) in [5.74, 6) is 0.310. The first-order valence-corrected chi connectivity index (χ1v) is 8.58. The van der Waals surface area contributed by atoms with Gasteiger partial charge in [0.1, 0.15) is 5.69 Å². The maximum Gasteiger partial charge on any atom is 0.270 e. The van der Waals surface area contributed by atoms with Crippen LogP contribution in [0.4, 0.5) is 11.6 Å². The van der Waals surface area contributed by atoms with Crippen molar-refractivity contribution in [2.24, 2.45) is 0 Å². The SMILES string of the molecule is Cc1cc(C(=O)NC2CCCC2)nc(Nc2ccc(Br)cc2)n1. The van der Waals surface area contributed by atoms with Crippen LogP contribution in [0.25, 0.3) is 0 Å². The second-order valence-corrected chi connectivity index (χ2v) is 6.72. The standard InChI is InChI=1S/C17H19BrN4O/c1-11-10-15(16(23)20-13-4-2-3-5-13)22-17(19-11)21-14-8-6-12(18)7-9-14/h6-10,13H,2-5H2,1H3,(H,20,23)(H,19,21,22). The number of amides is 1. The van der Waals surface area contributed by atoms with Crippen molar-refractivity contribution < 1.29 is 4.79 Å². The molecule has 3 rings (SSSR count). The Bertz CT molecular complexity index is 696. The van der Waals surface area contributed by atoms with E-state index in [4.69, 9.17) is 0 Å². The van der Waals surface area contributed by atoms with Crippen LogP contribution >= 0.6 is 15.9 Å². The summed E-state index contributed by atoms with van der Waals surface area (Å²) in [7, 11) is 0. The van der Waals surface area contributed by atoms with Gasteiger partial charge in [0.2, 0.25) is 5.95 Å². The molecular weight excluding hydrogens is 356 g/mol. The summed E-state index contributed by atoms with van der Waals surface area (Å²) in [6.45, 7) is 1.86. The molecule has 2 aromatic rings. The second-order valence-electron chi connectivity index (χ2n) is 5.80. The van der Waals surface area contributed by atoms with Gasteiger partial charge in [0, 0.05) is 21.9 Å². The molecule has 0 atom stereocenters. The highest BCUT2D eigenvalue weighted by Gasteiger charge is 2.19. The molecule has 1 fully saturated rings. The quantitative estimate of drug-likeness (QED) is 0.849. The van der Waals surface area contributed by atoms with E-state index < -0.39 is 0 Å². The monoisotopic (exact) mass is 374 g/mol. The number of rotatable bonds is 4. The van der Waals surface area contributed by atoms with Gasteiger partial charge in [0.05, 0.1) is 0 Å². The Morgan fingerprint density at radius 1 is 1.17 bits per heavy atom. The average molecular weight is 375 g/mol. The number of hydrogen-bond donors (Lipinski definition) is 2. The van der Waals surface area contributed by atoms with Crippen LogP contribution in [0.15, 0.2) is 34.8 Å². The van der Waals surface area contributed by atoms with E-state index in [1.165, 1.54) is 12.8 Å². The van der Waals surface area contributed by atoms with Crippen molar-refractivity contribution in [1.29, 1.82) is 0 Å². The number of aromatic nitrogens is 2. The summed E-state index contributed by atoms with van der Waals surface area (Å²) in [4.78, 5) is 21.1. The first kappa shape index (κ1) is 15.9. The van der Waals surface area contributed by atoms with Crippen molar-refractivity contribution in [3.63, 3.8) is 0 Å². The molecule has 0 unspecified atom stereocenters. The van der Waals surface area contributed by atoms with Crippen molar-refractivity contribution >= 4 is 33.5 Å². The number of halogens is 1. The fourth-order valence-electron chi connectivity index (χ4n) is 2.73. The van der Waals surface area contributed by atoms with E-state index in [1.54, 1.807) is 6.07 Å². The van der Waals surface area contributed by atoms with Gasteiger partial charge in [-0.3, -0.25) is 4.79 Å². The Labute approximate surface area is 144 Å². The molecule has 1 heterocycles. The van der Waals surface area contributed by atoms with Crippen LogP contribution in [0.1, 0.15) is 41.9 Å². The predicted molar refractivity (Wildman–Crippen MR) is 93.9 cm³/mol. The number of nitrogens with zero attached hydrogens (tertiary/aromatic N) is 2. The smallest absolute Gasteiger partial charge is 0.270 e. The zero-order valence-corrected chi connectivity index (χ0v) is 14.6. The molecule has 1 aromatic carbocycles. The molecule has 0 bridgehead atoms. The lowest BCUT2D eigenvalue weighted by Crippen LogP contribution is -2.33. The van der Waals surface area contributed by atoms with Gasteiger partial charge in [-0.1, -0.05) is 28.8 Å². The lowest BCUT2D eigenvalue weighted by Gasteiger charge is -2.12. The number of benzene rings is 1. The Hall–Kier alpha value is -1.95. The van der Waals surface area contributed by atoms with Crippen LogP contribution < -0.4 is 10.6 Å². The van der Waals surface area contributed by atoms with Gasteiger partial charge in [0.15, 0.2) is 0 Å². The number of carbonyl (C=O) groups excluding carboxylic acids is 1. The topological polar surface area (TPSA) is 66.9 Å². The Kier molecular flexibility index (Phi) is 4.91. The highest BCUT2D eigenvalue weighted by atomic mass is 79.9. The normalized spacial score (nSPS) is 14.7. The molecule has 6 heteroatoms. The molecule has 1 aliphatic carbocycles. The van der Waals surface area contributed by atoms with Gasteiger partial charge in [-0.2, -0.15) is 0 Å². The van der Waals surface area contributed by atoms with Crippen molar-refractivity contribution in [3.05, 3.63) is 46.2 Å². The summed E-state index contributed by atoms with van der Waals surface area (Å²) >= 11 is 3.40. The minimum atomic E-state index is -0.124. The molecule has 0 saturated heterocycles. The second kappa shape index (κ2) is 7.08. The van der Waals surface area contributed by atoms with Crippen molar-refractivity contribution in [3.8, 4) is 0 Å². The Morgan fingerprint density at radius 2 is 1.87 bits per heavy atom. The minimum absolute atomic E-state index is 0.124. The molecular formula is C17H19BrN4O. The molecule has 120 valence electrons. The van der Waals surface area contributed by atoms with Gasteiger partial charge in [-0.15, -0.1) is 0 Å². The zero-order valence-electron chi connectivity index (χ0n) is 13.0. The molecule has 23 heavy (non-hydrogen) atoms. The van der Waals surface area contributed by atoms with Gasteiger partial charge in [-0.25, -0.2) is 9.97 Å². The summed E-state index contributed by atoms with van der Waals surface area (Å²) in [6, 6.07) is 9.72. The molecule has 1 aliphatic rings. The van der Waals surface area contributed by atoms with Gasteiger partial charge in [0.25, 0.3) is 5.91 Å². The van der Waals surface area contributed by atoms with E-state index in [9.17, 15) is 4.79 Å². The molecule has 1 aromatic heterocycles. The average Bonchev–Trinajstić information content (AvgIpc) is 3.02. The van der Waals surface area contributed by atoms with E-state index in [0.29, 0.717) is 11.6 Å². The minimum Gasteiger partial charge on any atom is -0.348 e. The number of hydrogen-bond acceptors (Lipinski definition) is 4. The van der Waals surface area contributed by atoms with E-state index in [1.807, 2.05) is 31.2 Å². The lowest BCUT2D eigenvalue weighted by molar-refractivity contribution is 0.0932. The number of anilines is 2. The molecule has 5 nitrogen and oxygen atoms in total. The molecule has 0 spiro atoms. The molecule has 0 radical (unpaired) electrons. The van der Waals surface area contributed by atoms with Gasteiger partial charge >= 0.3 is 0 Å². The first-order valence-electron chi connectivity index (χ1n) is 7.79. The van der Waals surface area contributed by atoms with Crippen molar-refractivity contribution in [2.45, 2.75) is 38.6 Å². The summed E-state index contributed by atoms with van der Waals surface area (Å²) in [6.07, 6.45) is 4.48. The zero-order chi connectivity index (χ0) is 16.2. The molecule has 2 N–H and O–H groups in total. The van der Waals surface area contributed by atoms with Crippen LogP contribution in [-0.2, 0) is 0 Å². The van der Waals surface area contributed by atoms with Crippen molar-refractivity contribution in [1.82, 2.24) is 15.3 Å². The van der Waals surface area contributed by atoms with Crippen LogP contribution in [0, 0.1) is 6.92 Å². The fourth-order valence-corrected chi connectivity index (χ4v) is 3.00. The van der Waals surface area contributed by atoms with Crippen LogP contribution in [0.2, 0.25) is 0 Å². The van der Waals surface area contributed by atoms with Crippen LogP contribution in [0.5, 0.6) is 0 Å². The summed E-state index contributed by atoms with van der Waals surface area (Å²) < 4.78 is 1.00. The maximum atomic E-state index is 12.4. The third-order valence-electron chi connectivity index (χ3n) is 3.88. The van der Waals surface area contributed by atoms with Gasteiger partial charge in [-0.05, 0) is 50.1 Å². The number of nitrogens with one attached hydrogen (secondary N) is 2. The van der Waals surface area contributed by atoms with Crippen LogP contribution in [0.3, 0.4) is 0 Å². The molecule has 0 aliphatic heterocycles. The summed E-state index contributed by atoms with van der Waals surface area (Å²) in [5, 5.41) is 6.20. The first-order chi connectivity index (χ1) is 11.1. The fraction of sp³-hybridized carbons (Fsp3) is 0.353. The lowest BCUT2D eigenvalue weighted by atomic mass is 10.2. The number of carbonyl (C=O) groups is 1. The highest BCUT2D eigenvalue weighted by molar-refractivity contribution is 9.10.